The van der Waals surface area contributed by atoms with Crippen molar-refractivity contribution in [3.8, 4) is 0 Å². The number of nitrogens with two attached hydrogens (primary N) is 1. The highest BCUT2D eigenvalue weighted by atomic mass is 32.2. The normalized spacial score (nSPS) is 10.3. The minimum atomic E-state index is -4.29. The van der Waals surface area contributed by atoms with Gasteiger partial charge in [-0.25, -0.2) is 18.4 Å². The number of nitrogens with zero attached hydrogens (tertiary/aromatic N) is 1. The summed E-state index contributed by atoms with van der Waals surface area (Å²) in [5, 5.41) is 26.8. The fourth-order valence-corrected chi connectivity index (χ4v) is 3.06. The van der Waals surface area contributed by atoms with E-state index in [1.165, 1.54) is 6.92 Å². The van der Waals surface area contributed by atoms with E-state index in [0.717, 1.165) is 5.69 Å². The molecule has 0 aliphatic carbocycles. The van der Waals surface area contributed by atoms with Crippen molar-refractivity contribution in [2.75, 3.05) is 5.32 Å². The third kappa shape index (κ3) is 6.69. The van der Waals surface area contributed by atoms with Gasteiger partial charge in [0.15, 0.2) is 0 Å². The molecular formula is C15H15N3O7S2. The number of sulfonamides is 1. The average molecular weight is 413 g/mol. The quantitative estimate of drug-likeness (QED) is 0.337. The number of nitrogens with one attached hydrogen (secondary N) is 1. The summed E-state index contributed by atoms with van der Waals surface area (Å²) in [4.78, 5) is 29.6. The van der Waals surface area contributed by atoms with Crippen LogP contribution in [0.25, 0.3) is 0 Å². The smallest absolute Gasteiger partial charge is 0.335 e. The van der Waals surface area contributed by atoms with Crippen LogP contribution in [0.15, 0.2) is 52.3 Å². The van der Waals surface area contributed by atoms with Gasteiger partial charge >= 0.3 is 5.97 Å². The summed E-state index contributed by atoms with van der Waals surface area (Å²) >= 11 is 3.67. The lowest BCUT2D eigenvalue weighted by atomic mass is 10.2. The molecule has 0 heterocycles. The van der Waals surface area contributed by atoms with Gasteiger partial charge in [0.1, 0.15) is 9.79 Å². The van der Waals surface area contributed by atoms with E-state index in [1.807, 2.05) is 30.3 Å². The summed E-state index contributed by atoms with van der Waals surface area (Å²) in [6, 6.07) is 10.8. The number of para-hydroxylation sites is 1. The second-order valence-electron chi connectivity index (χ2n) is 5.00. The fourth-order valence-electron chi connectivity index (χ4n) is 1.80. The Balaban J connectivity index is 0.000000309. The van der Waals surface area contributed by atoms with Gasteiger partial charge in [0.2, 0.25) is 15.9 Å². The average Bonchev–Trinajstić information content (AvgIpc) is 2.54. The van der Waals surface area contributed by atoms with Gasteiger partial charge < -0.3 is 10.4 Å². The summed E-state index contributed by atoms with van der Waals surface area (Å²) in [7, 11) is -4.29. The standard InChI is InChI=1S/C8H9NO.C7H6N2O6S2/c1-7(10)9-8-5-3-2-4-6-8;8-17(14,15)5-2-3(7(10)11)1-4(6(5)16)9(12)13/h2-6H,1H3,(H,9,10);1-2,16H,(H,10,11)(H2,8,14,15). The molecule has 0 spiro atoms. The van der Waals surface area contributed by atoms with Crippen LogP contribution in [0.1, 0.15) is 17.3 Å². The Morgan fingerprint density at radius 1 is 1.22 bits per heavy atom. The third-order valence-electron chi connectivity index (χ3n) is 2.90. The molecule has 0 atom stereocenters. The predicted molar refractivity (Wildman–Crippen MR) is 99.4 cm³/mol. The van der Waals surface area contributed by atoms with E-state index < -0.39 is 42.0 Å². The predicted octanol–water partition coefficient (Wildman–Crippen LogP) is 1.87. The molecule has 144 valence electrons. The van der Waals surface area contributed by atoms with Crippen LogP contribution in [-0.2, 0) is 14.8 Å². The molecule has 2 rings (SSSR count). The van der Waals surface area contributed by atoms with Gasteiger partial charge in [-0.1, -0.05) is 18.2 Å². The second-order valence-corrected chi connectivity index (χ2v) is 6.97. The number of nitro groups is 1. The molecule has 0 aliphatic heterocycles. The van der Waals surface area contributed by atoms with E-state index in [-0.39, 0.29) is 5.91 Å². The molecule has 2 aromatic rings. The molecule has 1 amide bonds. The highest BCUT2D eigenvalue weighted by Crippen LogP contribution is 2.30. The monoisotopic (exact) mass is 413 g/mol. The molecule has 0 bridgehead atoms. The highest BCUT2D eigenvalue weighted by molar-refractivity contribution is 7.90. The molecule has 4 N–H and O–H groups in total. The van der Waals surface area contributed by atoms with Gasteiger partial charge in [0, 0.05) is 18.7 Å². The van der Waals surface area contributed by atoms with E-state index in [2.05, 4.69) is 17.9 Å². The van der Waals surface area contributed by atoms with Crippen LogP contribution in [-0.4, -0.2) is 30.3 Å². The summed E-state index contributed by atoms with van der Waals surface area (Å²) < 4.78 is 22.2. The number of thiol groups is 1. The topological polar surface area (TPSA) is 170 Å². The maximum atomic E-state index is 11.1. The zero-order chi connectivity index (χ0) is 20.8. The Kier molecular flexibility index (Phi) is 7.45. The molecule has 2 aromatic carbocycles. The van der Waals surface area contributed by atoms with Crippen molar-refractivity contribution < 1.29 is 28.0 Å². The number of anilines is 1. The molecule has 0 saturated heterocycles. The third-order valence-corrected chi connectivity index (χ3v) is 4.46. The number of carboxylic acids is 1. The number of carbonyl (C=O) groups excluding carboxylic acids is 1. The Hall–Kier alpha value is -2.96. The Morgan fingerprint density at radius 3 is 2.19 bits per heavy atom. The highest BCUT2D eigenvalue weighted by Gasteiger charge is 2.24. The number of nitro benzene ring substituents is 1. The lowest BCUT2D eigenvalue weighted by Gasteiger charge is -2.05. The van der Waals surface area contributed by atoms with E-state index in [9.17, 15) is 28.1 Å². The fraction of sp³-hybridized carbons (Fsp3) is 0.0667. The molecule has 0 aliphatic rings. The van der Waals surface area contributed by atoms with Crippen LogP contribution < -0.4 is 10.5 Å². The van der Waals surface area contributed by atoms with Crippen molar-refractivity contribution in [2.24, 2.45) is 5.14 Å². The Morgan fingerprint density at radius 2 is 1.78 bits per heavy atom. The van der Waals surface area contributed by atoms with Crippen LogP contribution in [0, 0.1) is 10.1 Å². The van der Waals surface area contributed by atoms with Crippen LogP contribution >= 0.6 is 12.6 Å². The largest absolute Gasteiger partial charge is 0.478 e. The molecule has 0 saturated carbocycles. The first-order valence-corrected chi connectivity index (χ1v) is 9.03. The minimum absolute atomic E-state index is 0.0359. The summed E-state index contributed by atoms with van der Waals surface area (Å²) in [5.41, 5.74) is -0.453. The van der Waals surface area contributed by atoms with Gasteiger partial charge in [0.05, 0.1) is 10.5 Å². The first-order valence-electron chi connectivity index (χ1n) is 7.03. The van der Waals surface area contributed by atoms with E-state index in [1.54, 1.807) is 0 Å². The summed E-state index contributed by atoms with van der Waals surface area (Å²) in [6.45, 7) is 1.49. The lowest BCUT2D eigenvalue weighted by Crippen LogP contribution is -2.15. The van der Waals surface area contributed by atoms with Crippen molar-refractivity contribution in [2.45, 2.75) is 16.7 Å². The number of carbonyl (C=O) groups is 2. The summed E-state index contributed by atoms with van der Waals surface area (Å²) in [6.07, 6.45) is 0. The SMILES string of the molecule is CC(=O)Nc1ccccc1.NS(=O)(=O)c1cc(C(=O)O)cc([N+](=O)[O-])c1S. The van der Waals surface area contributed by atoms with Crippen LogP contribution in [0.4, 0.5) is 11.4 Å². The van der Waals surface area contributed by atoms with Crippen molar-refractivity contribution in [1.82, 2.24) is 0 Å². The second kappa shape index (κ2) is 9.12. The molecule has 0 fully saturated rings. The first kappa shape index (κ1) is 22.1. The van der Waals surface area contributed by atoms with E-state index in [0.29, 0.717) is 12.1 Å². The lowest BCUT2D eigenvalue weighted by molar-refractivity contribution is -0.388. The van der Waals surface area contributed by atoms with E-state index in [4.69, 9.17) is 10.2 Å². The number of primary sulfonamides is 1. The Labute approximate surface area is 159 Å². The van der Waals surface area contributed by atoms with Crippen LogP contribution in [0.5, 0.6) is 0 Å². The Bertz CT molecular complexity index is 976. The van der Waals surface area contributed by atoms with Crippen molar-refractivity contribution in [1.29, 1.82) is 0 Å². The molecule has 0 unspecified atom stereocenters. The number of rotatable bonds is 4. The first-order chi connectivity index (χ1) is 12.4. The molecule has 0 radical (unpaired) electrons. The summed E-state index contributed by atoms with van der Waals surface area (Å²) in [5.74, 6) is -1.54. The number of aromatic carboxylic acids is 1. The number of hydrogen-bond acceptors (Lipinski definition) is 7. The number of hydrogen-bond donors (Lipinski definition) is 4. The van der Waals surface area contributed by atoms with Crippen molar-refractivity contribution >= 4 is 45.9 Å². The minimum Gasteiger partial charge on any atom is -0.478 e. The maximum Gasteiger partial charge on any atom is 0.335 e. The van der Waals surface area contributed by atoms with Crippen LogP contribution in [0.3, 0.4) is 0 Å². The molecule has 0 aromatic heterocycles. The van der Waals surface area contributed by atoms with Crippen molar-refractivity contribution in [3.63, 3.8) is 0 Å². The molecule has 27 heavy (non-hydrogen) atoms. The number of carboxylic acid groups (broad SMARTS) is 1. The van der Waals surface area contributed by atoms with E-state index >= 15 is 0 Å². The van der Waals surface area contributed by atoms with Gasteiger partial charge in [-0.15, -0.1) is 12.6 Å². The van der Waals surface area contributed by atoms with Crippen molar-refractivity contribution in [3.05, 3.63) is 58.1 Å². The molecule has 10 nitrogen and oxygen atoms in total. The maximum absolute atomic E-state index is 11.1. The van der Waals surface area contributed by atoms with Gasteiger partial charge in [-0.2, -0.15) is 0 Å². The zero-order valence-corrected chi connectivity index (χ0v) is 15.5. The number of amides is 1. The van der Waals surface area contributed by atoms with Gasteiger partial charge in [-0.05, 0) is 18.2 Å². The van der Waals surface area contributed by atoms with Crippen LogP contribution in [0.2, 0.25) is 0 Å². The number of benzene rings is 2. The zero-order valence-electron chi connectivity index (χ0n) is 13.8. The van der Waals surface area contributed by atoms with Gasteiger partial charge in [0.25, 0.3) is 5.69 Å². The van der Waals surface area contributed by atoms with Gasteiger partial charge in [-0.3, -0.25) is 14.9 Å². The molecule has 12 heteroatoms. The molecular weight excluding hydrogens is 398 g/mol.